The Hall–Kier alpha value is -2.97. The molecule has 0 spiro atoms. The number of aryl methyl sites for hydroxylation is 1. The minimum Gasteiger partial charge on any atom is -0.497 e. The van der Waals surface area contributed by atoms with E-state index in [1.54, 1.807) is 25.3 Å². The molecule has 1 amide bonds. The number of hydrogen-bond donors (Lipinski definition) is 1. The third-order valence-corrected chi connectivity index (χ3v) is 7.42. The summed E-state index contributed by atoms with van der Waals surface area (Å²) in [5.41, 5.74) is 3.21. The van der Waals surface area contributed by atoms with Crippen molar-refractivity contribution < 1.29 is 14.3 Å². The minimum atomic E-state index is -0.175. The van der Waals surface area contributed by atoms with Gasteiger partial charge >= 0.3 is 0 Å². The molecule has 1 aliphatic heterocycles. The van der Waals surface area contributed by atoms with E-state index in [-0.39, 0.29) is 11.9 Å². The van der Waals surface area contributed by atoms with Crippen LogP contribution in [0.1, 0.15) is 23.2 Å². The van der Waals surface area contributed by atoms with E-state index in [0.29, 0.717) is 11.8 Å². The van der Waals surface area contributed by atoms with Crippen molar-refractivity contribution in [2.24, 2.45) is 0 Å². The molecule has 1 N–H and O–H groups in total. The lowest BCUT2D eigenvalue weighted by atomic mass is 10.1. The second-order valence-corrected chi connectivity index (χ2v) is 10.1. The van der Waals surface area contributed by atoms with Crippen molar-refractivity contribution >= 4 is 17.7 Å². The zero-order chi connectivity index (χ0) is 24.1. The zero-order valence-electron chi connectivity index (χ0n) is 20.2. The quantitative estimate of drug-likeness (QED) is 0.497. The van der Waals surface area contributed by atoms with Gasteiger partial charge in [-0.05, 0) is 60.9 Å². The Morgan fingerprint density at radius 2 is 1.97 bits per heavy atom. The summed E-state index contributed by atoms with van der Waals surface area (Å²) in [5.74, 6) is 1.86. The topological polar surface area (TPSA) is 70.7 Å². The van der Waals surface area contributed by atoms with Gasteiger partial charge in [-0.2, -0.15) is 5.10 Å². The number of hydrogen-bond acceptors (Lipinski definition) is 6. The fourth-order valence-corrected chi connectivity index (χ4v) is 5.68. The van der Waals surface area contributed by atoms with Crippen LogP contribution in [0.25, 0.3) is 0 Å². The summed E-state index contributed by atoms with van der Waals surface area (Å²) < 4.78 is 10.7. The molecule has 1 saturated heterocycles. The van der Waals surface area contributed by atoms with Gasteiger partial charge in [-0.25, -0.2) is 0 Å². The van der Waals surface area contributed by atoms with E-state index in [1.165, 1.54) is 10.5 Å². The van der Waals surface area contributed by atoms with Crippen molar-refractivity contribution in [2.45, 2.75) is 42.6 Å². The molecule has 0 bridgehead atoms. The molecule has 0 saturated carbocycles. The van der Waals surface area contributed by atoms with Crippen LogP contribution in [-0.2, 0) is 17.9 Å². The normalized spacial score (nSPS) is 18.1. The number of carbonyl (C=O) groups excluding carboxylic acids is 1. The first-order valence-electron chi connectivity index (χ1n) is 11.4. The second-order valence-electron chi connectivity index (χ2n) is 8.68. The molecule has 1 aliphatic rings. The number of nitrogens with zero attached hydrogens (tertiary/aromatic N) is 3. The highest BCUT2D eigenvalue weighted by atomic mass is 32.2. The Kier molecular flexibility index (Phi) is 7.80. The van der Waals surface area contributed by atoms with Gasteiger partial charge in [-0.1, -0.05) is 12.1 Å². The number of likely N-dealkylation sites (tertiary alicyclic amines) is 1. The van der Waals surface area contributed by atoms with Gasteiger partial charge in [0.15, 0.2) is 0 Å². The van der Waals surface area contributed by atoms with E-state index < -0.39 is 0 Å². The lowest BCUT2D eigenvalue weighted by molar-refractivity contribution is -0.135. The molecule has 0 aliphatic carbocycles. The summed E-state index contributed by atoms with van der Waals surface area (Å²) in [4.78, 5) is 18.8. The highest BCUT2D eigenvalue weighted by molar-refractivity contribution is 8.00. The van der Waals surface area contributed by atoms with E-state index in [2.05, 4.69) is 46.3 Å². The Labute approximate surface area is 205 Å². The average molecular weight is 481 g/mol. The largest absolute Gasteiger partial charge is 0.497 e. The Morgan fingerprint density at radius 3 is 2.62 bits per heavy atom. The zero-order valence-corrected chi connectivity index (χ0v) is 21.0. The molecule has 2 aromatic carbocycles. The summed E-state index contributed by atoms with van der Waals surface area (Å²) in [6.45, 7) is 4.13. The molecule has 4 rings (SSSR count). The number of H-pyrrole nitrogens is 1. The fourth-order valence-electron chi connectivity index (χ4n) is 4.46. The highest BCUT2D eigenvalue weighted by Crippen LogP contribution is 2.35. The van der Waals surface area contributed by atoms with Gasteiger partial charge in [0.2, 0.25) is 5.91 Å². The van der Waals surface area contributed by atoms with Gasteiger partial charge < -0.3 is 14.4 Å². The number of thioether (sulfide) groups is 1. The number of nitrogens with one attached hydrogen (secondary N) is 1. The number of aromatic nitrogens is 2. The number of amides is 1. The first kappa shape index (κ1) is 24.2. The van der Waals surface area contributed by atoms with Crippen molar-refractivity contribution in [3.63, 3.8) is 0 Å². The number of aromatic amines is 1. The molecule has 1 fully saturated rings. The molecule has 0 unspecified atom stereocenters. The van der Waals surface area contributed by atoms with Gasteiger partial charge in [-0.15, -0.1) is 11.8 Å². The molecular weight excluding hydrogens is 448 g/mol. The van der Waals surface area contributed by atoms with Gasteiger partial charge in [-0.3, -0.25) is 14.8 Å². The molecule has 2 heterocycles. The number of ether oxygens (including phenoxy) is 2. The second kappa shape index (κ2) is 11.0. The van der Waals surface area contributed by atoms with Crippen LogP contribution in [0.2, 0.25) is 0 Å². The van der Waals surface area contributed by atoms with Gasteiger partial charge in [0.05, 0.1) is 32.5 Å². The van der Waals surface area contributed by atoms with Crippen LogP contribution in [-0.4, -0.2) is 65.0 Å². The molecule has 8 heteroatoms. The molecule has 7 nitrogen and oxygen atoms in total. The summed E-state index contributed by atoms with van der Waals surface area (Å²) in [6, 6.07) is 16.1. The number of methoxy groups -OCH3 is 2. The molecule has 2 atom stereocenters. The molecule has 34 heavy (non-hydrogen) atoms. The van der Waals surface area contributed by atoms with Crippen LogP contribution in [0.3, 0.4) is 0 Å². The van der Waals surface area contributed by atoms with Gasteiger partial charge in [0, 0.05) is 36.5 Å². The lowest BCUT2D eigenvalue weighted by Gasteiger charge is -2.27. The predicted octanol–water partition coefficient (Wildman–Crippen LogP) is 4.13. The van der Waals surface area contributed by atoms with Crippen LogP contribution in [0.15, 0.2) is 59.6 Å². The third kappa shape index (κ3) is 5.74. The Bertz CT molecular complexity index is 1090. The van der Waals surface area contributed by atoms with E-state index in [4.69, 9.17) is 9.47 Å². The summed E-state index contributed by atoms with van der Waals surface area (Å²) in [6.07, 6.45) is 2.51. The van der Waals surface area contributed by atoms with Crippen molar-refractivity contribution in [1.82, 2.24) is 20.0 Å². The predicted molar refractivity (Wildman–Crippen MR) is 134 cm³/mol. The third-order valence-electron chi connectivity index (χ3n) is 6.20. The Balaban J connectivity index is 1.50. The molecule has 3 aromatic rings. The van der Waals surface area contributed by atoms with Crippen LogP contribution in [0.5, 0.6) is 11.5 Å². The first-order chi connectivity index (χ1) is 16.5. The number of likely N-dealkylation sites (N-methyl/N-ethyl adjacent to an activating group) is 1. The highest BCUT2D eigenvalue weighted by Gasteiger charge is 2.38. The van der Waals surface area contributed by atoms with Crippen LogP contribution < -0.4 is 9.47 Å². The maximum Gasteiger partial charge on any atom is 0.240 e. The van der Waals surface area contributed by atoms with Crippen molar-refractivity contribution in [3.05, 3.63) is 71.5 Å². The summed E-state index contributed by atoms with van der Waals surface area (Å²) in [5, 5.41) is 7.27. The SMILES string of the molecule is COc1ccc(S[C@@H]2C[C@@H](C(=O)N(C)Cc3ccn[nH]3)N(Cc3ccc(OC)c(C)c3)C2)cc1. The van der Waals surface area contributed by atoms with Crippen molar-refractivity contribution in [2.75, 3.05) is 27.8 Å². The summed E-state index contributed by atoms with van der Waals surface area (Å²) in [7, 11) is 5.23. The maximum absolute atomic E-state index is 13.5. The standard InChI is InChI=1S/C26H32N4O3S/c1-18-13-19(5-10-25(18)33-4)15-30-17-23(34-22-8-6-21(32-3)7-9-22)14-24(30)26(31)29(2)16-20-11-12-27-28-20/h5-13,23-24H,14-17H2,1-4H3,(H,27,28)/t23-,24+/m1/s1. The number of carbonyl (C=O) groups is 1. The lowest BCUT2D eigenvalue weighted by Crippen LogP contribution is -2.43. The smallest absolute Gasteiger partial charge is 0.240 e. The van der Waals surface area contributed by atoms with E-state index in [1.807, 2.05) is 43.1 Å². The summed E-state index contributed by atoms with van der Waals surface area (Å²) >= 11 is 1.83. The number of benzene rings is 2. The van der Waals surface area contributed by atoms with Crippen LogP contribution in [0, 0.1) is 6.92 Å². The average Bonchev–Trinajstić information content (AvgIpc) is 3.49. The van der Waals surface area contributed by atoms with Crippen LogP contribution >= 0.6 is 11.8 Å². The molecule has 180 valence electrons. The van der Waals surface area contributed by atoms with E-state index >= 15 is 0 Å². The molecular formula is C26H32N4O3S. The van der Waals surface area contributed by atoms with Crippen LogP contribution in [0.4, 0.5) is 0 Å². The van der Waals surface area contributed by atoms with Crippen molar-refractivity contribution in [1.29, 1.82) is 0 Å². The van der Waals surface area contributed by atoms with Gasteiger partial charge in [0.25, 0.3) is 0 Å². The first-order valence-corrected chi connectivity index (χ1v) is 12.3. The Morgan fingerprint density at radius 1 is 1.18 bits per heavy atom. The van der Waals surface area contributed by atoms with E-state index in [0.717, 1.165) is 42.3 Å². The fraction of sp³-hybridized carbons (Fsp3) is 0.385. The molecule has 1 aromatic heterocycles. The van der Waals surface area contributed by atoms with Crippen molar-refractivity contribution in [3.8, 4) is 11.5 Å². The van der Waals surface area contributed by atoms with E-state index in [9.17, 15) is 4.79 Å². The minimum absolute atomic E-state index is 0.137. The number of rotatable bonds is 9. The molecule has 0 radical (unpaired) electrons. The maximum atomic E-state index is 13.5. The monoisotopic (exact) mass is 480 g/mol. The van der Waals surface area contributed by atoms with Gasteiger partial charge in [0.1, 0.15) is 11.5 Å².